The van der Waals surface area contributed by atoms with E-state index in [0.717, 1.165) is 0 Å². The molecule has 126 valence electrons. The standard InChI is InChI=1S/C16H13N5O4/c1-8(22)9-2-4-13(14(6-9)21(24)25)18-10-3-5-12-11(7-10)15(16(17)23)20-19-12/h2-7,18H,1H3,(H2,17,23)(H,19,20). The number of amides is 1. The molecule has 0 bridgehead atoms. The quantitative estimate of drug-likeness (QED) is 0.370. The minimum Gasteiger partial charge on any atom is -0.364 e. The van der Waals surface area contributed by atoms with Crippen LogP contribution in [-0.4, -0.2) is 26.8 Å². The largest absolute Gasteiger partial charge is 0.364 e. The molecule has 3 rings (SSSR count). The van der Waals surface area contributed by atoms with E-state index in [1.54, 1.807) is 18.2 Å². The molecule has 0 saturated carbocycles. The SMILES string of the molecule is CC(=O)c1ccc(Nc2ccc3[nH]nc(C(N)=O)c3c2)c([N+](=O)[O-])c1. The van der Waals surface area contributed by atoms with Crippen LogP contribution in [0.3, 0.4) is 0 Å². The number of carbonyl (C=O) groups excluding carboxylic acids is 2. The molecule has 9 nitrogen and oxygen atoms in total. The Morgan fingerprint density at radius 2 is 2.00 bits per heavy atom. The third-order valence-corrected chi connectivity index (χ3v) is 3.68. The van der Waals surface area contributed by atoms with Gasteiger partial charge in [-0.3, -0.25) is 24.8 Å². The van der Waals surface area contributed by atoms with E-state index in [9.17, 15) is 19.7 Å². The molecule has 25 heavy (non-hydrogen) atoms. The summed E-state index contributed by atoms with van der Waals surface area (Å²) in [6, 6.07) is 9.14. The second-order valence-electron chi connectivity index (χ2n) is 5.37. The summed E-state index contributed by atoms with van der Waals surface area (Å²) in [4.78, 5) is 33.5. The number of Topliss-reactive ketones (excluding diaryl/α,β-unsaturated/α-hetero) is 1. The predicted molar refractivity (Wildman–Crippen MR) is 91.0 cm³/mol. The van der Waals surface area contributed by atoms with Crippen LogP contribution in [-0.2, 0) is 0 Å². The van der Waals surface area contributed by atoms with Crippen LogP contribution in [0.25, 0.3) is 10.9 Å². The van der Waals surface area contributed by atoms with Crippen LogP contribution in [0.1, 0.15) is 27.8 Å². The van der Waals surface area contributed by atoms with Gasteiger partial charge in [0.2, 0.25) is 0 Å². The van der Waals surface area contributed by atoms with Gasteiger partial charge in [0, 0.05) is 22.7 Å². The van der Waals surface area contributed by atoms with Crippen molar-refractivity contribution in [2.75, 3.05) is 5.32 Å². The maximum atomic E-state index is 11.4. The van der Waals surface area contributed by atoms with E-state index in [2.05, 4.69) is 15.5 Å². The summed E-state index contributed by atoms with van der Waals surface area (Å²) >= 11 is 0. The van der Waals surface area contributed by atoms with Crippen LogP contribution in [0.2, 0.25) is 0 Å². The van der Waals surface area contributed by atoms with Crippen LogP contribution >= 0.6 is 0 Å². The van der Waals surface area contributed by atoms with Crippen LogP contribution in [0.15, 0.2) is 36.4 Å². The fraction of sp³-hybridized carbons (Fsp3) is 0.0625. The number of fused-ring (bicyclic) bond motifs is 1. The van der Waals surface area contributed by atoms with Gasteiger partial charge >= 0.3 is 0 Å². The van der Waals surface area contributed by atoms with Crippen LogP contribution < -0.4 is 11.1 Å². The van der Waals surface area contributed by atoms with Gasteiger partial charge in [0.25, 0.3) is 11.6 Å². The molecular formula is C16H13N5O4. The maximum absolute atomic E-state index is 11.4. The van der Waals surface area contributed by atoms with E-state index in [1.165, 1.54) is 25.1 Å². The lowest BCUT2D eigenvalue weighted by molar-refractivity contribution is -0.383. The number of carbonyl (C=O) groups is 2. The zero-order chi connectivity index (χ0) is 18.1. The summed E-state index contributed by atoms with van der Waals surface area (Å²) in [6.45, 7) is 1.34. The van der Waals surface area contributed by atoms with Crippen molar-refractivity contribution in [1.82, 2.24) is 10.2 Å². The van der Waals surface area contributed by atoms with Gasteiger partial charge in [0.15, 0.2) is 11.5 Å². The first kappa shape index (κ1) is 16.1. The highest BCUT2D eigenvalue weighted by Crippen LogP contribution is 2.30. The van der Waals surface area contributed by atoms with E-state index in [-0.39, 0.29) is 28.4 Å². The minimum absolute atomic E-state index is 0.0834. The highest BCUT2D eigenvalue weighted by Gasteiger charge is 2.17. The normalized spacial score (nSPS) is 10.6. The van der Waals surface area contributed by atoms with Crippen molar-refractivity contribution >= 4 is 39.7 Å². The highest BCUT2D eigenvalue weighted by atomic mass is 16.6. The number of hydrogen-bond donors (Lipinski definition) is 3. The van der Waals surface area contributed by atoms with Crippen molar-refractivity contribution in [3.8, 4) is 0 Å². The summed E-state index contributed by atoms with van der Waals surface area (Å²) in [5.41, 5.74) is 6.72. The number of aromatic amines is 1. The molecule has 0 aliphatic rings. The number of nitrogens with two attached hydrogens (primary N) is 1. The fourth-order valence-electron chi connectivity index (χ4n) is 2.44. The first-order valence-corrected chi connectivity index (χ1v) is 7.21. The summed E-state index contributed by atoms with van der Waals surface area (Å²) in [5, 5.41) is 21.2. The molecular weight excluding hydrogens is 326 g/mol. The number of H-pyrrole nitrogens is 1. The van der Waals surface area contributed by atoms with Crippen molar-refractivity contribution in [3.05, 3.63) is 57.8 Å². The number of rotatable bonds is 5. The summed E-state index contributed by atoms with van der Waals surface area (Å²) < 4.78 is 0. The molecule has 9 heteroatoms. The van der Waals surface area contributed by atoms with E-state index >= 15 is 0 Å². The first-order chi connectivity index (χ1) is 11.9. The molecule has 0 unspecified atom stereocenters. The third kappa shape index (κ3) is 3.02. The van der Waals surface area contributed by atoms with Gasteiger partial charge in [-0.25, -0.2) is 0 Å². The lowest BCUT2D eigenvalue weighted by atomic mass is 10.1. The Kier molecular flexibility index (Phi) is 3.89. The molecule has 2 aromatic carbocycles. The molecule has 3 aromatic rings. The van der Waals surface area contributed by atoms with Crippen molar-refractivity contribution in [2.45, 2.75) is 6.92 Å². The van der Waals surface area contributed by atoms with Crippen molar-refractivity contribution in [2.24, 2.45) is 5.73 Å². The van der Waals surface area contributed by atoms with Gasteiger partial charge in [0.05, 0.1) is 10.4 Å². The fourth-order valence-corrected chi connectivity index (χ4v) is 2.44. The molecule has 1 amide bonds. The highest BCUT2D eigenvalue weighted by molar-refractivity contribution is 6.04. The zero-order valence-corrected chi connectivity index (χ0v) is 13.1. The number of ketones is 1. The number of aromatic nitrogens is 2. The van der Waals surface area contributed by atoms with Gasteiger partial charge in [-0.05, 0) is 37.3 Å². The number of primary amides is 1. The molecule has 0 spiro atoms. The average Bonchev–Trinajstić information content (AvgIpc) is 2.98. The molecule has 1 aromatic heterocycles. The lowest BCUT2D eigenvalue weighted by Crippen LogP contribution is -2.11. The lowest BCUT2D eigenvalue weighted by Gasteiger charge is -2.08. The third-order valence-electron chi connectivity index (χ3n) is 3.68. The number of nitrogens with one attached hydrogen (secondary N) is 2. The Morgan fingerprint density at radius 1 is 1.24 bits per heavy atom. The molecule has 0 aliphatic heterocycles. The summed E-state index contributed by atoms with van der Waals surface area (Å²) in [6.07, 6.45) is 0. The van der Waals surface area contributed by atoms with Gasteiger partial charge in [-0.1, -0.05) is 0 Å². The van der Waals surface area contributed by atoms with Gasteiger partial charge in [-0.15, -0.1) is 0 Å². The zero-order valence-electron chi connectivity index (χ0n) is 13.1. The number of benzene rings is 2. The predicted octanol–water partition coefficient (Wildman–Crippen LogP) is 2.52. The second-order valence-corrected chi connectivity index (χ2v) is 5.37. The summed E-state index contributed by atoms with van der Waals surface area (Å²) in [7, 11) is 0. The van der Waals surface area contributed by atoms with Crippen molar-refractivity contribution in [3.63, 3.8) is 0 Å². The van der Waals surface area contributed by atoms with E-state index in [0.29, 0.717) is 16.6 Å². The number of nitrogens with zero attached hydrogens (tertiary/aromatic N) is 2. The minimum atomic E-state index is -0.680. The average molecular weight is 339 g/mol. The maximum Gasteiger partial charge on any atom is 0.293 e. The number of anilines is 2. The molecule has 4 N–H and O–H groups in total. The topological polar surface area (TPSA) is 144 Å². The Morgan fingerprint density at radius 3 is 2.64 bits per heavy atom. The Hall–Kier alpha value is -3.75. The van der Waals surface area contributed by atoms with E-state index in [4.69, 9.17) is 5.73 Å². The first-order valence-electron chi connectivity index (χ1n) is 7.21. The number of nitro groups is 1. The van der Waals surface area contributed by atoms with Crippen LogP contribution in [0.4, 0.5) is 17.1 Å². The van der Waals surface area contributed by atoms with Gasteiger partial charge < -0.3 is 11.1 Å². The molecule has 0 fully saturated rings. The van der Waals surface area contributed by atoms with Crippen molar-refractivity contribution in [1.29, 1.82) is 0 Å². The Bertz CT molecular complexity index is 1020. The smallest absolute Gasteiger partial charge is 0.293 e. The molecule has 0 aliphatic carbocycles. The Labute approximate surface area is 141 Å². The van der Waals surface area contributed by atoms with Crippen molar-refractivity contribution < 1.29 is 14.5 Å². The van der Waals surface area contributed by atoms with Crippen LogP contribution in [0, 0.1) is 10.1 Å². The van der Waals surface area contributed by atoms with Gasteiger partial charge in [-0.2, -0.15) is 5.10 Å². The molecule has 0 radical (unpaired) electrons. The molecule has 1 heterocycles. The number of hydrogen-bond acceptors (Lipinski definition) is 6. The monoisotopic (exact) mass is 339 g/mol. The molecule has 0 atom stereocenters. The summed E-state index contributed by atoms with van der Waals surface area (Å²) in [5.74, 6) is -0.944. The molecule has 0 saturated heterocycles. The van der Waals surface area contributed by atoms with Crippen LogP contribution in [0.5, 0.6) is 0 Å². The Balaban J connectivity index is 2.03. The van der Waals surface area contributed by atoms with E-state index in [1.807, 2.05) is 0 Å². The number of nitro benzene ring substituents is 1. The van der Waals surface area contributed by atoms with E-state index < -0.39 is 10.8 Å². The second kappa shape index (κ2) is 6.04. The van der Waals surface area contributed by atoms with Gasteiger partial charge in [0.1, 0.15) is 5.69 Å².